The molecular weight excluding hydrogens is 264 g/mol. The number of phenolic OH excluding ortho intramolecular Hbond substituents is 1. The van der Waals surface area contributed by atoms with Crippen molar-refractivity contribution in [2.45, 2.75) is 19.8 Å². The lowest BCUT2D eigenvalue weighted by atomic mass is 10.1. The summed E-state index contributed by atoms with van der Waals surface area (Å²) in [4.78, 5) is 14.0. The Morgan fingerprint density at radius 2 is 1.90 bits per heavy atom. The van der Waals surface area contributed by atoms with Crippen LogP contribution in [0.1, 0.15) is 18.9 Å². The second kappa shape index (κ2) is 6.79. The van der Waals surface area contributed by atoms with Gasteiger partial charge in [0, 0.05) is 30.4 Å². The smallest absolute Gasteiger partial charge is 0.227 e. The van der Waals surface area contributed by atoms with E-state index < -0.39 is 0 Å². The van der Waals surface area contributed by atoms with Crippen LogP contribution in [0.3, 0.4) is 0 Å². The van der Waals surface area contributed by atoms with E-state index in [1.165, 1.54) is 0 Å². The van der Waals surface area contributed by atoms with E-state index >= 15 is 0 Å². The van der Waals surface area contributed by atoms with Crippen molar-refractivity contribution in [3.05, 3.63) is 54.1 Å². The van der Waals surface area contributed by atoms with Crippen LogP contribution < -0.4 is 10.6 Å². The number of hydrogen-bond donors (Lipinski definition) is 2. The van der Waals surface area contributed by atoms with Gasteiger partial charge in [0.2, 0.25) is 5.91 Å². The molecule has 0 radical (unpaired) electrons. The fourth-order valence-electron chi connectivity index (χ4n) is 2.23. The number of rotatable bonds is 5. The van der Waals surface area contributed by atoms with Gasteiger partial charge in [0.25, 0.3) is 0 Å². The molecule has 0 fully saturated rings. The molecule has 2 rings (SSSR count). The molecule has 0 spiro atoms. The van der Waals surface area contributed by atoms with Crippen molar-refractivity contribution in [3.8, 4) is 5.75 Å². The summed E-state index contributed by atoms with van der Waals surface area (Å²) in [5.41, 5.74) is 8.18. The lowest BCUT2D eigenvalue weighted by Gasteiger charge is -2.21. The second-order valence-corrected chi connectivity index (χ2v) is 4.90. The van der Waals surface area contributed by atoms with Gasteiger partial charge in [-0.25, -0.2) is 0 Å². The molecule has 0 saturated carbocycles. The van der Waals surface area contributed by atoms with Crippen molar-refractivity contribution in [3.63, 3.8) is 0 Å². The summed E-state index contributed by atoms with van der Waals surface area (Å²) in [7, 11) is 0. The highest BCUT2D eigenvalue weighted by molar-refractivity contribution is 5.93. The van der Waals surface area contributed by atoms with Crippen LogP contribution in [0.2, 0.25) is 0 Å². The van der Waals surface area contributed by atoms with Crippen molar-refractivity contribution in [2.24, 2.45) is 0 Å². The zero-order chi connectivity index (χ0) is 15.2. The number of aromatic hydroxyl groups is 1. The summed E-state index contributed by atoms with van der Waals surface area (Å²) in [6.07, 6.45) is 1.10. The monoisotopic (exact) mass is 284 g/mol. The lowest BCUT2D eigenvalue weighted by Crippen LogP contribution is -2.30. The first-order valence-corrected chi connectivity index (χ1v) is 7.04. The Kier molecular flexibility index (Phi) is 4.82. The summed E-state index contributed by atoms with van der Waals surface area (Å²) in [6.45, 7) is 2.50. The van der Waals surface area contributed by atoms with Gasteiger partial charge in [-0.2, -0.15) is 0 Å². The average molecular weight is 284 g/mol. The Morgan fingerprint density at radius 3 is 2.52 bits per heavy atom. The summed E-state index contributed by atoms with van der Waals surface area (Å²) in [6, 6.07) is 14.3. The maximum atomic E-state index is 12.3. The van der Waals surface area contributed by atoms with Gasteiger partial charge in [-0.3, -0.25) is 4.79 Å². The number of phenols is 1. The van der Waals surface area contributed by atoms with Crippen LogP contribution in [0.5, 0.6) is 5.75 Å². The van der Waals surface area contributed by atoms with Crippen LogP contribution in [0, 0.1) is 0 Å². The van der Waals surface area contributed by atoms with E-state index in [9.17, 15) is 9.90 Å². The number of nitrogen functional groups attached to an aromatic ring is 1. The molecule has 0 bridgehead atoms. The molecule has 0 aromatic heterocycles. The van der Waals surface area contributed by atoms with Crippen molar-refractivity contribution in [1.82, 2.24) is 0 Å². The first-order valence-electron chi connectivity index (χ1n) is 7.04. The molecule has 4 nitrogen and oxygen atoms in total. The van der Waals surface area contributed by atoms with Crippen molar-refractivity contribution >= 4 is 17.3 Å². The Balaban J connectivity index is 2.02. The Labute approximate surface area is 124 Å². The van der Waals surface area contributed by atoms with E-state index in [4.69, 9.17) is 5.73 Å². The molecule has 0 aliphatic rings. The molecule has 1 amide bonds. The SMILES string of the molecule is CCN(C(=O)CCc1ccc(N)cc1)c1cccc(O)c1. The van der Waals surface area contributed by atoms with Gasteiger partial charge in [-0.05, 0) is 43.2 Å². The standard InChI is InChI=1S/C17H20N2O2/c1-2-19(15-4-3-5-16(20)12-15)17(21)11-8-13-6-9-14(18)10-7-13/h3-7,9-10,12,20H,2,8,11,18H2,1H3. The van der Waals surface area contributed by atoms with E-state index in [2.05, 4.69) is 0 Å². The van der Waals surface area contributed by atoms with E-state index in [0.717, 1.165) is 16.9 Å². The van der Waals surface area contributed by atoms with Gasteiger partial charge in [-0.1, -0.05) is 18.2 Å². The zero-order valence-electron chi connectivity index (χ0n) is 12.1. The number of carbonyl (C=O) groups is 1. The van der Waals surface area contributed by atoms with Gasteiger partial charge in [0.1, 0.15) is 5.75 Å². The zero-order valence-corrected chi connectivity index (χ0v) is 12.1. The molecule has 0 aliphatic carbocycles. The number of anilines is 2. The molecule has 0 atom stereocenters. The Bertz CT molecular complexity index is 608. The predicted molar refractivity (Wildman–Crippen MR) is 85.3 cm³/mol. The third-order valence-electron chi connectivity index (χ3n) is 3.37. The number of carbonyl (C=O) groups excluding carboxylic acids is 1. The lowest BCUT2D eigenvalue weighted by molar-refractivity contribution is -0.118. The highest BCUT2D eigenvalue weighted by Crippen LogP contribution is 2.21. The van der Waals surface area contributed by atoms with Crippen LogP contribution in [-0.4, -0.2) is 17.6 Å². The first kappa shape index (κ1) is 14.9. The highest BCUT2D eigenvalue weighted by Gasteiger charge is 2.14. The van der Waals surface area contributed by atoms with Crippen LogP contribution in [-0.2, 0) is 11.2 Å². The minimum atomic E-state index is 0.0416. The highest BCUT2D eigenvalue weighted by atomic mass is 16.3. The van der Waals surface area contributed by atoms with Gasteiger partial charge < -0.3 is 15.7 Å². The average Bonchev–Trinajstić information content (AvgIpc) is 2.47. The molecule has 0 unspecified atom stereocenters. The van der Waals surface area contributed by atoms with Crippen LogP contribution in [0.4, 0.5) is 11.4 Å². The first-order chi connectivity index (χ1) is 10.1. The van der Waals surface area contributed by atoms with Crippen molar-refractivity contribution in [2.75, 3.05) is 17.2 Å². The summed E-state index contributed by atoms with van der Waals surface area (Å²) in [5, 5.41) is 9.52. The maximum absolute atomic E-state index is 12.3. The molecule has 4 heteroatoms. The number of nitrogens with zero attached hydrogens (tertiary/aromatic N) is 1. The van der Waals surface area contributed by atoms with E-state index in [-0.39, 0.29) is 11.7 Å². The fourth-order valence-corrected chi connectivity index (χ4v) is 2.23. The van der Waals surface area contributed by atoms with E-state index in [1.807, 2.05) is 37.3 Å². The molecule has 21 heavy (non-hydrogen) atoms. The van der Waals surface area contributed by atoms with Gasteiger partial charge in [-0.15, -0.1) is 0 Å². The van der Waals surface area contributed by atoms with E-state index in [1.54, 1.807) is 23.1 Å². The minimum absolute atomic E-state index is 0.0416. The van der Waals surface area contributed by atoms with Crippen LogP contribution >= 0.6 is 0 Å². The number of aryl methyl sites for hydroxylation is 1. The van der Waals surface area contributed by atoms with Gasteiger partial charge in [0.15, 0.2) is 0 Å². The second-order valence-electron chi connectivity index (χ2n) is 4.90. The number of hydrogen-bond acceptors (Lipinski definition) is 3. The topological polar surface area (TPSA) is 66.6 Å². The molecule has 110 valence electrons. The number of nitrogens with two attached hydrogens (primary N) is 1. The Hall–Kier alpha value is -2.49. The molecule has 0 heterocycles. The van der Waals surface area contributed by atoms with E-state index in [0.29, 0.717) is 19.4 Å². The fraction of sp³-hybridized carbons (Fsp3) is 0.235. The molecule has 2 aromatic rings. The minimum Gasteiger partial charge on any atom is -0.508 e. The summed E-state index contributed by atoms with van der Waals surface area (Å²) >= 11 is 0. The predicted octanol–water partition coefficient (Wildman–Crippen LogP) is 2.96. The number of benzene rings is 2. The molecular formula is C17H20N2O2. The quantitative estimate of drug-likeness (QED) is 0.829. The van der Waals surface area contributed by atoms with Crippen molar-refractivity contribution < 1.29 is 9.90 Å². The third kappa shape index (κ3) is 3.99. The number of amides is 1. The van der Waals surface area contributed by atoms with Crippen LogP contribution in [0.25, 0.3) is 0 Å². The Morgan fingerprint density at radius 1 is 1.19 bits per heavy atom. The molecule has 3 N–H and O–H groups in total. The van der Waals surface area contributed by atoms with Crippen LogP contribution in [0.15, 0.2) is 48.5 Å². The summed E-state index contributed by atoms with van der Waals surface area (Å²) in [5.74, 6) is 0.206. The maximum Gasteiger partial charge on any atom is 0.227 e. The van der Waals surface area contributed by atoms with Gasteiger partial charge >= 0.3 is 0 Å². The third-order valence-corrected chi connectivity index (χ3v) is 3.37. The molecule has 0 aliphatic heterocycles. The molecule has 0 saturated heterocycles. The largest absolute Gasteiger partial charge is 0.508 e. The van der Waals surface area contributed by atoms with Crippen molar-refractivity contribution in [1.29, 1.82) is 0 Å². The normalized spacial score (nSPS) is 10.3. The molecule has 2 aromatic carbocycles. The van der Waals surface area contributed by atoms with Gasteiger partial charge in [0.05, 0.1) is 0 Å². The summed E-state index contributed by atoms with van der Waals surface area (Å²) < 4.78 is 0.